The van der Waals surface area contributed by atoms with E-state index >= 15 is 0 Å². The van der Waals surface area contributed by atoms with Gasteiger partial charge in [0.15, 0.2) is 5.82 Å². The largest absolute Gasteiger partial charge is 0.457 e. The summed E-state index contributed by atoms with van der Waals surface area (Å²) in [5, 5.41) is 13.2. The Morgan fingerprint density at radius 1 is 0.917 bits per heavy atom. The molecule has 2 aromatic heterocycles. The highest BCUT2D eigenvalue weighted by Gasteiger charge is 2.41. The number of nitrogens with zero attached hydrogens (tertiary/aromatic N) is 7. The molecule has 2 atom stereocenters. The van der Waals surface area contributed by atoms with E-state index in [-0.39, 0.29) is 47.9 Å². The number of benzene rings is 2. The van der Waals surface area contributed by atoms with Crippen molar-refractivity contribution in [1.82, 2.24) is 34.8 Å². The van der Waals surface area contributed by atoms with E-state index in [0.29, 0.717) is 48.9 Å². The van der Waals surface area contributed by atoms with E-state index in [1.807, 2.05) is 58.3 Å². The van der Waals surface area contributed by atoms with Crippen molar-refractivity contribution in [3.05, 3.63) is 71.7 Å². The van der Waals surface area contributed by atoms with Crippen molar-refractivity contribution in [2.45, 2.75) is 83.8 Å². The summed E-state index contributed by atoms with van der Waals surface area (Å²) in [6, 6.07) is 17.2. The zero-order chi connectivity index (χ0) is 33.5. The van der Waals surface area contributed by atoms with Crippen LogP contribution in [-0.4, -0.2) is 72.1 Å². The van der Waals surface area contributed by atoms with Crippen LogP contribution in [0.1, 0.15) is 75.4 Å². The number of carbonyl (C=O) groups is 2. The van der Waals surface area contributed by atoms with Crippen LogP contribution in [0.2, 0.25) is 0 Å². The van der Waals surface area contributed by atoms with Gasteiger partial charge in [0.25, 0.3) is 6.43 Å². The van der Waals surface area contributed by atoms with E-state index < -0.39 is 13.0 Å². The number of amides is 2. The lowest BCUT2D eigenvalue weighted by atomic mass is 10.1. The summed E-state index contributed by atoms with van der Waals surface area (Å²) in [6.45, 7) is 7.09. The molecule has 0 spiro atoms. The molecule has 3 aliphatic rings. The molecule has 0 radical (unpaired) electrons. The lowest BCUT2D eigenvalue weighted by Gasteiger charge is -2.19. The first-order chi connectivity index (χ1) is 23.1. The van der Waals surface area contributed by atoms with E-state index in [0.717, 1.165) is 35.4 Å². The summed E-state index contributed by atoms with van der Waals surface area (Å²) in [7, 11) is 0. The van der Waals surface area contributed by atoms with Gasteiger partial charge in [-0.2, -0.15) is 15.3 Å². The van der Waals surface area contributed by atoms with E-state index in [2.05, 4.69) is 36.1 Å². The number of hydrogen-bond donors (Lipinski definition) is 0. The molecule has 4 heterocycles. The highest BCUT2D eigenvalue weighted by atomic mass is 19.3. The van der Waals surface area contributed by atoms with Crippen LogP contribution in [0, 0.1) is 5.92 Å². The minimum atomic E-state index is -2.63. The highest BCUT2D eigenvalue weighted by molar-refractivity contribution is 5.80. The monoisotopic (exact) mass is 655 g/mol. The minimum Gasteiger partial charge on any atom is -0.457 e. The van der Waals surface area contributed by atoms with Gasteiger partial charge in [-0.15, -0.1) is 0 Å². The molecule has 2 unspecified atom stereocenters. The summed E-state index contributed by atoms with van der Waals surface area (Å²) in [5.41, 5.74) is 3.96. The molecule has 2 amide bonds. The molecule has 1 saturated carbocycles. The average Bonchev–Trinajstić information content (AvgIpc) is 3.58. The fourth-order valence-electron chi connectivity index (χ4n) is 6.56. The third kappa shape index (κ3) is 6.79. The van der Waals surface area contributed by atoms with Crippen LogP contribution < -0.4 is 4.74 Å². The minimum absolute atomic E-state index is 0.0344. The van der Waals surface area contributed by atoms with Crippen LogP contribution in [0.3, 0.4) is 0 Å². The molecule has 12 heteroatoms. The van der Waals surface area contributed by atoms with Crippen molar-refractivity contribution in [1.29, 1.82) is 0 Å². The summed E-state index contributed by atoms with van der Waals surface area (Å²) in [6.07, 6.45) is 0.0714. The zero-order valence-electron chi connectivity index (χ0n) is 27.4. The first-order valence-corrected chi connectivity index (χ1v) is 16.7. The molecule has 2 aromatic carbocycles. The summed E-state index contributed by atoms with van der Waals surface area (Å²) < 4.78 is 35.0. The molecule has 2 saturated heterocycles. The van der Waals surface area contributed by atoms with Gasteiger partial charge in [-0.1, -0.05) is 32.9 Å². The molecular weight excluding hydrogens is 616 g/mol. The van der Waals surface area contributed by atoms with Gasteiger partial charge in [0, 0.05) is 61.1 Å². The second-order valence-corrected chi connectivity index (χ2v) is 13.6. The van der Waals surface area contributed by atoms with Crippen LogP contribution in [-0.2, 0) is 22.7 Å². The third-order valence-electron chi connectivity index (χ3n) is 9.27. The van der Waals surface area contributed by atoms with Crippen LogP contribution in [0.4, 0.5) is 8.78 Å². The van der Waals surface area contributed by atoms with Gasteiger partial charge in [0.1, 0.15) is 23.9 Å². The average molecular weight is 656 g/mol. The first-order valence-electron chi connectivity index (χ1n) is 16.7. The van der Waals surface area contributed by atoms with Gasteiger partial charge in [0.05, 0.1) is 11.4 Å². The molecule has 10 nitrogen and oxygen atoms in total. The molecule has 0 N–H and O–H groups in total. The van der Waals surface area contributed by atoms with Crippen LogP contribution in [0.25, 0.3) is 22.6 Å². The Kier molecular flexibility index (Phi) is 8.65. The second kappa shape index (κ2) is 13.0. The number of halogens is 2. The van der Waals surface area contributed by atoms with Gasteiger partial charge in [-0.3, -0.25) is 9.59 Å². The summed E-state index contributed by atoms with van der Waals surface area (Å²) in [5.74, 6) is 2.14. The molecule has 0 bridgehead atoms. The van der Waals surface area contributed by atoms with Gasteiger partial charge in [-0.25, -0.2) is 18.4 Å². The maximum absolute atomic E-state index is 13.7. The van der Waals surface area contributed by atoms with Gasteiger partial charge in [-0.05, 0) is 67.1 Å². The number of alkyl halides is 2. The normalized spacial score (nSPS) is 19.7. The molecule has 250 valence electrons. The van der Waals surface area contributed by atoms with E-state index in [9.17, 15) is 18.4 Å². The number of ether oxygens (including phenoxy) is 1. The molecule has 3 fully saturated rings. The Morgan fingerprint density at radius 2 is 1.69 bits per heavy atom. The van der Waals surface area contributed by atoms with Crippen molar-refractivity contribution in [3.63, 3.8) is 0 Å². The summed E-state index contributed by atoms with van der Waals surface area (Å²) in [4.78, 5) is 33.8. The SMILES string of the molecule is CC1CC(=O)N(Cc2ccc(-c3nc(C4CC(=O)N(C5CC5)C4)n(CC(F)F)n3)cc2Oc2ccc(-c3ccc(C(C)C)nn3)cc2)C1. The highest BCUT2D eigenvalue weighted by Crippen LogP contribution is 2.38. The lowest BCUT2D eigenvalue weighted by molar-refractivity contribution is -0.129. The zero-order valence-corrected chi connectivity index (χ0v) is 27.4. The smallest absolute Gasteiger partial charge is 0.257 e. The maximum atomic E-state index is 13.7. The third-order valence-corrected chi connectivity index (χ3v) is 9.27. The lowest BCUT2D eigenvalue weighted by Crippen LogP contribution is -2.27. The Labute approximate surface area is 278 Å². The number of aromatic nitrogens is 5. The fourth-order valence-corrected chi connectivity index (χ4v) is 6.56. The molecule has 1 aliphatic carbocycles. The fraction of sp³-hybridized carbons (Fsp3) is 0.444. The van der Waals surface area contributed by atoms with E-state index in [1.54, 1.807) is 6.07 Å². The topological polar surface area (TPSA) is 106 Å². The van der Waals surface area contributed by atoms with Crippen LogP contribution in [0.5, 0.6) is 11.5 Å². The second-order valence-electron chi connectivity index (χ2n) is 13.6. The number of rotatable bonds is 11. The van der Waals surface area contributed by atoms with Crippen molar-refractivity contribution >= 4 is 11.8 Å². The van der Waals surface area contributed by atoms with Gasteiger partial charge < -0.3 is 14.5 Å². The molecule has 2 aliphatic heterocycles. The predicted molar refractivity (Wildman–Crippen MR) is 174 cm³/mol. The van der Waals surface area contributed by atoms with Crippen molar-refractivity contribution in [2.75, 3.05) is 13.1 Å². The van der Waals surface area contributed by atoms with Crippen LogP contribution in [0.15, 0.2) is 54.6 Å². The Bertz CT molecular complexity index is 1810. The standard InChI is InChI=1S/C36H39F2N7O3/c1-21(2)29-12-13-30(41-40-29)23-6-10-28(11-7-23)48-31-15-24(4-5-25(31)18-43-17-22(3)14-33(43)46)35-39-36(45(42-35)20-32(37)38)26-16-34(47)44(19-26)27-8-9-27/h4-7,10-13,15,21-22,26-27,32H,8-9,14,16-20H2,1-3H3. The van der Waals surface area contributed by atoms with Gasteiger partial charge in [0.2, 0.25) is 11.8 Å². The quantitative estimate of drug-likeness (QED) is 0.183. The van der Waals surface area contributed by atoms with Crippen molar-refractivity contribution < 1.29 is 23.1 Å². The first kappa shape index (κ1) is 31.8. The number of carbonyl (C=O) groups excluding carboxylic acids is 2. The van der Waals surface area contributed by atoms with E-state index in [4.69, 9.17) is 9.72 Å². The Hall–Kier alpha value is -4.74. The Morgan fingerprint density at radius 3 is 2.33 bits per heavy atom. The Balaban J connectivity index is 1.19. The number of likely N-dealkylation sites (tertiary alicyclic amines) is 2. The predicted octanol–water partition coefficient (Wildman–Crippen LogP) is 6.43. The van der Waals surface area contributed by atoms with Gasteiger partial charge >= 0.3 is 0 Å². The maximum Gasteiger partial charge on any atom is 0.257 e. The molecule has 4 aromatic rings. The van der Waals surface area contributed by atoms with E-state index in [1.165, 1.54) is 4.68 Å². The molecule has 7 rings (SSSR count). The van der Waals surface area contributed by atoms with Crippen molar-refractivity contribution in [2.24, 2.45) is 5.92 Å². The summed E-state index contributed by atoms with van der Waals surface area (Å²) >= 11 is 0. The molecule has 48 heavy (non-hydrogen) atoms. The molecular formula is C36H39F2N7O3. The number of hydrogen-bond acceptors (Lipinski definition) is 7. The van der Waals surface area contributed by atoms with Crippen molar-refractivity contribution in [3.8, 4) is 34.1 Å². The van der Waals surface area contributed by atoms with Crippen LogP contribution >= 0.6 is 0 Å².